The van der Waals surface area contributed by atoms with Gasteiger partial charge in [0.1, 0.15) is 11.3 Å². The van der Waals surface area contributed by atoms with E-state index in [9.17, 15) is 9.18 Å². The monoisotopic (exact) mass is 368 g/mol. The van der Waals surface area contributed by atoms with Gasteiger partial charge in [0, 0.05) is 38.0 Å². The third-order valence-electron chi connectivity index (χ3n) is 4.77. The van der Waals surface area contributed by atoms with Crippen molar-refractivity contribution in [2.24, 2.45) is 0 Å². The predicted octanol–water partition coefficient (Wildman–Crippen LogP) is 3.19. The summed E-state index contributed by atoms with van der Waals surface area (Å²) < 4.78 is 21.2. The van der Waals surface area contributed by atoms with Gasteiger partial charge in [-0.2, -0.15) is 0 Å². The summed E-state index contributed by atoms with van der Waals surface area (Å²) in [5, 5.41) is 0. The fourth-order valence-electron chi connectivity index (χ4n) is 3.12. The Morgan fingerprint density at radius 2 is 2.15 bits per heavy atom. The minimum absolute atomic E-state index is 0.170. The Kier molecular flexibility index (Phi) is 4.85. The van der Waals surface area contributed by atoms with Crippen LogP contribution in [0.1, 0.15) is 34.8 Å². The standard InChI is InChI=1S/C20H21FN4O2/c1-27-9-8-24(12-14-4-2-3-5-17(14)21)20(26)15-10-18-19(22-11-15)25(13-23-18)16-6-7-16/h2-5,10-11,13,16H,6-9,12H2,1H3. The minimum atomic E-state index is -0.329. The fourth-order valence-corrected chi connectivity index (χ4v) is 3.12. The third kappa shape index (κ3) is 3.68. The van der Waals surface area contributed by atoms with Crippen LogP contribution in [0.25, 0.3) is 11.2 Å². The summed E-state index contributed by atoms with van der Waals surface area (Å²) in [6, 6.07) is 8.70. The number of rotatable bonds is 7. The molecule has 1 fully saturated rings. The normalized spacial score (nSPS) is 13.9. The number of hydrogen-bond acceptors (Lipinski definition) is 4. The Morgan fingerprint density at radius 1 is 1.33 bits per heavy atom. The van der Waals surface area contributed by atoms with Crippen molar-refractivity contribution < 1.29 is 13.9 Å². The van der Waals surface area contributed by atoms with Crippen LogP contribution in [0, 0.1) is 5.82 Å². The highest BCUT2D eigenvalue weighted by Crippen LogP contribution is 2.36. The maximum atomic E-state index is 14.0. The zero-order valence-corrected chi connectivity index (χ0v) is 15.1. The van der Waals surface area contributed by atoms with Crippen molar-refractivity contribution in [1.82, 2.24) is 19.4 Å². The van der Waals surface area contributed by atoms with E-state index in [0.717, 1.165) is 18.5 Å². The molecule has 1 aliphatic carbocycles. The lowest BCUT2D eigenvalue weighted by molar-refractivity contribution is 0.0678. The zero-order chi connectivity index (χ0) is 18.8. The molecule has 0 bridgehead atoms. The van der Waals surface area contributed by atoms with Crippen LogP contribution in [0.4, 0.5) is 4.39 Å². The lowest BCUT2D eigenvalue weighted by atomic mass is 10.1. The van der Waals surface area contributed by atoms with Gasteiger partial charge in [0.05, 0.1) is 18.5 Å². The average molecular weight is 368 g/mol. The van der Waals surface area contributed by atoms with Crippen LogP contribution in [0.15, 0.2) is 42.9 Å². The molecule has 7 heteroatoms. The summed E-state index contributed by atoms with van der Waals surface area (Å²) in [4.78, 5) is 23.5. The van der Waals surface area contributed by atoms with Crippen LogP contribution in [-0.4, -0.2) is 45.6 Å². The number of halogens is 1. The number of benzene rings is 1. The van der Waals surface area contributed by atoms with E-state index in [-0.39, 0.29) is 18.3 Å². The topological polar surface area (TPSA) is 60.2 Å². The van der Waals surface area contributed by atoms with Crippen molar-refractivity contribution in [1.29, 1.82) is 0 Å². The van der Waals surface area contributed by atoms with Crippen molar-refractivity contribution >= 4 is 17.1 Å². The van der Waals surface area contributed by atoms with Crippen molar-refractivity contribution in [2.45, 2.75) is 25.4 Å². The van der Waals surface area contributed by atoms with Gasteiger partial charge in [-0.05, 0) is 25.0 Å². The van der Waals surface area contributed by atoms with E-state index in [0.29, 0.717) is 35.8 Å². The Morgan fingerprint density at radius 3 is 2.89 bits per heavy atom. The lowest BCUT2D eigenvalue weighted by Crippen LogP contribution is -2.33. The maximum absolute atomic E-state index is 14.0. The number of ether oxygens (including phenoxy) is 1. The molecule has 0 atom stereocenters. The molecule has 4 rings (SSSR count). The quantitative estimate of drug-likeness (QED) is 0.643. The summed E-state index contributed by atoms with van der Waals surface area (Å²) in [7, 11) is 1.57. The minimum Gasteiger partial charge on any atom is -0.383 e. The van der Waals surface area contributed by atoms with Crippen molar-refractivity contribution in [3.63, 3.8) is 0 Å². The van der Waals surface area contributed by atoms with E-state index >= 15 is 0 Å². The first-order valence-electron chi connectivity index (χ1n) is 9.01. The Labute approximate surface area is 156 Å². The number of carbonyl (C=O) groups excluding carboxylic acids is 1. The smallest absolute Gasteiger partial charge is 0.255 e. The maximum Gasteiger partial charge on any atom is 0.255 e. The van der Waals surface area contributed by atoms with Crippen molar-refractivity contribution in [3.8, 4) is 0 Å². The number of amides is 1. The van der Waals surface area contributed by atoms with Crippen LogP contribution in [0.5, 0.6) is 0 Å². The Balaban J connectivity index is 1.60. The first kappa shape index (κ1) is 17.6. The highest BCUT2D eigenvalue weighted by atomic mass is 19.1. The van der Waals surface area contributed by atoms with Crippen LogP contribution >= 0.6 is 0 Å². The largest absolute Gasteiger partial charge is 0.383 e. The summed E-state index contributed by atoms with van der Waals surface area (Å²) in [6.45, 7) is 0.897. The molecule has 0 radical (unpaired) electrons. The van der Waals surface area contributed by atoms with Crippen molar-refractivity contribution in [3.05, 3.63) is 59.8 Å². The molecule has 3 aromatic rings. The average Bonchev–Trinajstić information content (AvgIpc) is 3.44. The van der Waals surface area contributed by atoms with E-state index in [1.54, 1.807) is 48.8 Å². The van der Waals surface area contributed by atoms with Crippen LogP contribution < -0.4 is 0 Å². The van der Waals surface area contributed by atoms with E-state index in [4.69, 9.17) is 4.74 Å². The van der Waals surface area contributed by atoms with Gasteiger partial charge in [-0.1, -0.05) is 18.2 Å². The first-order valence-corrected chi connectivity index (χ1v) is 9.01. The van der Waals surface area contributed by atoms with E-state index in [1.165, 1.54) is 6.07 Å². The molecule has 0 N–H and O–H groups in total. The number of imidazole rings is 1. The first-order chi connectivity index (χ1) is 13.2. The van der Waals surface area contributed by atoms with E-state index < -0.39 is 0 Å². The van der Waals surface area contributed by atoms with Crippen LogP contribution in [0.3, 0.4) is 0 Å². The highest BCUT2D eigenvalue weighted by molar-refractivity contribution is 5.96. The predicted molar refractivity (Wildman–Crippen MR) is 98.8 cm³/mol. The van der Waals surface area contributed by atoms with Gasteiger partial charge in [-0.15, -0.1) is 0 Å². The molecule has 27 heavy (non-hydrogen) atoms. The van der Waals surface area contributed by atoms with Gasteiger partial charge in [-0.3, -0.25) is 4.79 Å². The fraction of sp³-hybridized carbons (Fsp3) is 0.350. The molecule has 0 unspecified atom stereocenters. The molecule has 140 valence electrons. The summed E-state index contributed by atoms with van der Waals surface area (Å²) in [6.07, 6.45) is 5.64. The number of aromatic nitrogens is 3. The molecule has 1 amide bonds. The van der Waals surface area contributed by atoms with Gasteiger partial charge in [0.2, 0.25) is 0 Å². The van der Waals surface area contributed by atoms with Gasteiger partial charge in [0.25, 0.3) is 5.91 Å². The lowest BCUT2D eigenvalue weighted by Gasteiger charge is -2.22. The number of fused-ring (bicyclic) bond motifs is 1. The number of carbonyl (C=O) groups is 1. The number of pyridine rings is 1. The molecule has 2 heterocycles. The molecule has 1 aromatic carbocycles. The van der Waals surface area contributed by atoms with Crippen LogP contribution in [-0.2, 0) is 11.3 Å². The molecular weight excluding hydrogens is 347 g/mol. The molecule has 0 saturated heterocycles. The highest BCUT2D eigenvalue weighted by Gasteiger charge is 2.26. The Hall–Kier alpha value is -2.80. The molecule has 1 saturated carbocycles. The molecule has 0 aliphatic heterocycles. The summed E-state index contributed by atoms with van der Waals surface area (Å²) in [5.41, 5.74) is 2.40. The van der Waals surface area contributed by atoms with Gasteiger partial charge >= 0.3 is 0 Å². The van der Waals surface area contributed by atoms with Gasteiger partial charge in [-0.25, -0.2) is 14.4 Å². The Bertz CT molecular complexity index is 968. The number of nitrogens with zero attached hydrogens (tertiary/aromatic N) is 4. The third-order valence-corrected chi connectivity index (χ3v) is 4.77. The van der Waals surface area contributed by atoms with Gasteiger partial charge < -0.3 is 14.2 Å². The second-order valence-corrected chi connectivity index (χ2v) is 6.76. The van der Waals surface area contributed by atoms with Crippen molar-refractivity contribution in [2.75, 3.05) is 20.3 Å². The zero-order valence-electron chi connectivity index (χ0n) is 15.1. The molecule has 0 spiro atoms. The summed E-state index contributed by atoms with van der Waals surface area (Å²) >= 11 is 0. The van der Waals surface area contributed by atoms with E-state index in [1.807, 2.05) is 0 Å². The summed E-state index contributed by atoms with van der Waals surface area (Å²) in [5.74, 6) is -0.546. The van der Waals surface area contributed by atoms with Crippen LogP contribution in [0.2, 0.25) is 0 Å². The number of methoxy groups -OCH3 is 1. The molecule has 6 nitrogen and oxygen atoms in total. The van der Waals surface area contributed by atoms with Gasteiger partial charge in [0.15, 0.2) is 5.65 Å². The molecular formula is C20H21FN4O2. The second kappa shape index (κ2) is 7.44. The molecule has 2 aromatic heterocycles. The molecule has 1 aliphatic rings. The SMILES string of the molecule is COCCN(Cc1ccccc1F)C(=O)c1cnc2c(c1)ncn2C1CC1. The number of hydrogen-bond donors (Lipinski definition) is 0. The second-order valence-electron chi connectivity index (χ2n) is 6.76. The van der Waals surface area contributed by atoms with E-state index in [2.05, 4.69) is 14.5 Å².